The highest BCUT2D eigenvalue weighted by atomic mass is 16.5. The van der Waals surface area contributed by atoms with Gasteiger partial charge in [0.1, 0.15) is 0 Å². The summed E-state index contributed by atoms with van der Waals surface area (Å²) in [7, 11) is 1.80. The minimum Gasteiger partial charge on any atom is -0.462 e. The Morgan fingerprint density at radius 2 is 2.14 bits per heavy atom. The number of hydrogen-bond donors (Lipinski definition) is 2. The van der Waals surface area contributed by atoms with Crippen LogP contribution in [0, 0.1) is 0 Å². The van der Waals surface area contributed by atoms with Gasteiger partial charge in [0, 0.05) is 24.5 Å². The molecule has 6 heteroatoms. The second-order valence-corrected chi connectivity index (χ2v) is 5.19. The highest BCUT2D eigenvalue weighted by Crippen LogP contribution is 2.22. The fourth-order valence-corrected chi connectivity index (χ4v) is 1.98. The zero-order chi connectivity index (χ0) is 15.4. The molecule has 0 bridgehead atoms. The van der Waals surface area contributed by atoms with E-state index in [9.17, 15) is 9.59 Å². The Morgan fingerprint density at radius 1 is 1.43 bits per heavy atom. The zero-order valence-corrected chi connectivity index (χ0v) is 12.4. The molecule has 0 unspecified atom stereocenters. The number of carbonyl (C=O) groups excluding carboxylic acids is 2. The molecule has 21 heavy (non-hydrogen) atoms. The van der Waals surface area contributed by atoms with E-state index in [1.165, 1.54) is 0 Å². The van der Waals surface area contributed by atoms with Crippen LogP contribution >= 0.6 is 0 Å². The van der Waals surface area contributed by atoms with E-state index < -0.39 is 5.97 Å². The predicted molar refractivity (Wildman–Crippen MR) is 81.2 cm³/mol. The molecule has 3 N–H and O–H groups in total. The van der Waals surface area contributed by atoms with Crippen LogP contribution in [0.15, 0.2) is 18.2 Å². The molecule has 0 atom stereocenters. The molecule has 0 heterocycles. The Morgan fingerprint density at radius 3 is 2.76 bits per heavy atom. The molecule has 0 saturated heterocycles. The number of likely N-dealkylation sites (N-methyl/N-ethyl adjacent to an activating group) is 1. The van der Waals surface area contributed by atoms with Crippen molar-refractivity contribution in [2.75, 3.05) is 30.8 Å². The topological polar surface area (TPSA) is 84.7 Å². The average molecular weight is 291 g/mol. The van der Waals surface area contributed by atoms with E-state index in [2.05, 4.69) is 5.32 Å². The largest absolute Gasteiger partial charge is 0.462 e. The fourth-order valence-electron chi connectivity index (χ4n) is 1.98. The lowest BCUT2D eigenvalue weighted by Gasteiger charge is -2.20. The average Bonchev–Trinajstić information content (AvgIpc) is 3.23. The number of esters is 1. The second-order valence-electron chi connectivity index (χ2n) is 5.19. The third kappa shape index (κ3) is 4.11. The summed E-state index contributed by atoms with van der Waals surface area (Å²) in [5.41, 5.74) is 7.24. The number of amides is 1. The van der Waals surface area contributed by atoms with Crippen molar-refractivity contribution in [3.05, 3.63) is 23.8 Å². The molecule has 0 aliphatic heterocycles. The molecule has 1 aliphatic rings. The lowest BCUT2D eigenvalue weighted by atomic mass is 10.1. The summed E-state index contributed by atoms with van der Waals surface area (Å²) in [6.07, 6.45) is 2.12. The molecule has 1 amide bonds. The second kappa shape index (κ2) is 6.47. The fraction of sp³-hybridized carbons (Fsp3) is 0.467. The molecule has 1 saturated carbocycles. The van der Waals surface area contributed by atoms with Crippen LogP contribution in [0.5, 0.6) is 0 Å². The Balaban J connectivity index is 2.05. The first kappa shape index (κ1) is 15.2. The van der Waals surface area contributed by atoms with Crippen molar-refractivity contribution in [3.63, 3.8) is 0 Å². The van der Waals surface area contributed by atoms with Crippen molar-refractivity contribution in [1.82, 2.24) is 5.32 Å². The Labute approximate surface area is 124 Å². The van der Waals surface area contributed by atoms with E-state index in [4.69, 9.17) is 10.5 Å². The van der Waals surface area contributed by atoms with Gasteiger partial charge in [-0.15, -0.1) is 0 Å². The minimum absolute atomic E-state index is 0.0190. The third-order valence-corrected chi connectivity index (χ3v) is 3.30. The molecule has 1 aromatic rings. The molecule has 1 fully saturated rings. The molecule has 0 radical (unpaired) electrons. The standard InChI is InChI=1S/C15H21N3O3/c1-3-21-15(20)12-8-11(6-7-13(12)16)18(2)9-14(19)17-10-4-5-10/h6-8,10H,3-5,9,16H2,1-2H3,(H,17,19). The van der Waals surface area contributed by atoms with Gasteiger partial charge in [-0.3, -0.25) is 4.79 Å². The van der Waals surface area contributed by atoms with Crippen LogP contribution in [0.25, 0.3) is 0 Å². The lowest BCUT2D eigenvalue weighted by Crippen LogP contribution is -2.36. The lowest BCUT2D eigenvalue weighted by molar-refractivity contribution is -0.119. The van der Waals surface area contributed by atoms with Gasteiger partial charge in [0.2, 0.25) is 5.91 Å². The Bertz CT molecular complexity index is 541. The normalized spacial score (nSPS) is 13.6. The summed E-state index contributed by atoms with van der Waals surface area (Å²) in [6.45, 7) is 2.27. The van der Waals surface area contributed by atoms with Crippen LogP contribution < -0.4 is 16.0 Å². The van der Waals surface area contributed by atoms with Crippen molar-refractivity contribution in [1.29, 1.82) is 0 Å². The summed E-state index contributed by atoms with van der Waals surface area (Å²) in [4.78, 5) is 25.4. The van der Waals surface area contributed by atoms with Crippen LogP contribution in [0.1, 0.15) is 30.1 Å². The number of nitrogens with one attached hydrogen (secondary N) is 1. The van der Waals surface area contributed by atoms with E-state index in [0.717, 1.165) is 18.5 Å². The van der Waals surface area contributed by atoms with Gasteiger partial charge in [0.25, 0.3) is 0 Å². The van der Waals surface area contributed by atoms with Gasteiger partial charge >= 0.3 is 5.97 Å². The monoisotopic (exact) mass is 291 g/mol. The molecular weight excluding hydrogens is 270 g/mol. The van der Waals surface area contributed by atoms with Crippen LogP contribution in [-0.4, -0.2) is 38.1 Å². The van der Waals surface area contributed by atoms with E-state index in [1.807, 2.05) is 0 Å². The molecule has 1 aliphatic carbocycles. The minimum atomic E-state index is -0.451. The number of nitrogen functional groups attached to an aromatic ring is 1. The van der Waals surface area contributed by atoms with Crippen LogP contribution in [0.2, 0.25) is 0 Å². The highest BCUT2D eigenvalue weighted by Gasteiger charge is 2.23. The number of nitrogens with zero attached hydrogens (tertiary/aromatic N) is 1. The number of hydrogen-bond acceptors (Lipinski definition) is 5. The smallest absolute Gasteiger partial charge is 0.340 e. The van der Waals surface area contributed by atoms with Crippen molar-refractivity contribution in [3.8, 4) is 0 Å². The first-order valence-electron chi connectivity index (χ1n) is 7.08. The van der Waals surface area contributed by atoms with E-state index >= 15 is 0 Å². The number of nitrogens with two attached hydrogens (primary N) is 1. The van der Waals surface area contributed by atoms with E-state index in [-0.39, 0.29) is 12.5 Å². The van der Waals surface area contributed by atoms with Crippen molar-refractivity contribution < 1.29 is 14.3 Å². The van der Waals surface area contributed by atoms with Gasteiger partial charge < -0.3 is 20.7 Å². The summed E-state index contributed by atoms with van der Waals surface area (Å²) in [5.74, 6) is -0.470. The molecular formula is C15H21N3O3. The predicted octanol–water partition coefficient (Wildman–Crippen LogP) is 1.16. The zero-order valence-electron chi connectivity index (χ0n) is 12.4. The first-order chi connectivity index (χ1) is 10.0. The number of carbonyl (C=O) groups is 2. The summed E-state index contributed by atoms with van der Waals surface area (Å²) < 4.78 is 4.97. The number of ether oxygens (including phenoxy) is 1. The summed E-state index contributed by atoms with van der Waals surface area (Å²) in [6, 6.07) is 5.42. The number of rotatable bonds is 6. The first-order valence-corrected chi connectivity index (χ1v) is 7.08. The highest BCUT2D eigenvalue weighted by molar-refractivity contribution is 5.96. The number of benzene rings is 1. The summed E-state index contributed by atoms with van der Waals surface area (Å²) in [5, 5.41) is 2.93. The van der Waals surface area contributed by atoms with Gasteiger partial charge in [-0.1, -0.05) is 0 Å². The van der Waals surface area contributed by atoms with Gasteiger partial charge in [0.05, 0.1) is 18.7 Å². The van der Waals surface area contributed by atoms with E-state index in [1.54, 1.807) is 37.1 Å². The van der Waals surface area contributed by atoms with Gasteiger partial charge in [-0.05, 0) is 38.0 Å². The molecule has 0 aromatic heterocycles. The van der Waals surface area contributed by atoms with E-state index in [0.29, 0.717) is 23.9 Å². The molecule has 1 aromatic carbocycles. The van der Waals surface area contributed by atoms with Gasteiger partial charge in [-0.25, -0.2) is 4.79 Å². The molecule has 0 spiro atoms. The number of anilines is 2. The third-order valence-electron chi connectivity index (χ3n) is 3.30. The maximum absolute atomic E-state index is 11.8. The maximum Gasteiger partial charge on any atom is 0.340 e. The Hall–Kier alpha value is -2.24. The Kier molecular flexibility index (Phi) is 4.67. The van der Waals surface area contributed by atoms with Crippen molar-refractivity contribution in [2.24, 2.45) is 0 Å². The maximum atomic E-state index is 11.8. The summed E-state index contributed by atoms with van der Waals surface area (Å²) >= 11 is 0. The van der Waals surface area contributed by atoms with Crippen molar-refractivity contribution in [2.45, 2.75) is 25.8 Å². The van der Waals surface area contributed by atoms with Crippen LogP contribution in [-0.2, 0) is 9.53 Å². The van der Waals surface area contributed by atoms with Crippen molar-refractivity contribution >= 4 is 23.3 Å². The molecule has 6 nitrogen and oxygen atoms in total. The van der Waals surface area contributed by atoms with Gasteiger partial charge in [-0.2, -0.15) is 0 Å². The quantitative estimate of drug-likeness (QED) is 0.607. The molecule has 2 rings (SSSR count). The van der Waals surface area contributed by atoms with Gasteiger partial charge in [0.15, 0.2) is 0 Å². The van der Waals surface area contributed by atoms with Crippen LogP contribution in [0.3, 0.4) is 0 Å². The van der Waals surface area contributed by atoms with Crippen LogP contribution in [0.4, 0.5) is 11.4 Å². The SMILES string of the molecule is CCOC(=O)c1cc(N(C)CC(=O)NC2CC2)ccc1N. The molecule has 114 valence electrons.